The van der Waals surface area contributed by atoms with Gasteiger partial charge in [-0.05, 0) is 30.9 Å². The van der Waals surface area contributed by atoms with Gasteiger partial charge < -0.3 is 5.01 Å². The lowest BCUT2D eigenvalue weighted by molar-refractivity contribution is 0.536. The fourth-order valence-corrected chi connectivity index (χ4v) is 2.20. The molecule has 1 fully saturated rings. The zero-order chi connectivity index (χ0) is 9.80. The first-order chi connectivity index (χ1) is 6.86. The predicted octanol–water partition coefficient (Wildman–Crippen LogP) is 2.56. The molecule has 0 saturated heterocycles. The average Bonchev–Trinajstić information content (AvgIpc) is 2.72. The predicted molar refractivity (Wildman–Crippen MR) is 59.9 cm³/mol. The number of hydrogen-bond acceptors (Lipinski definition) is 2. The summed E-state index contributed by atoms with van der Waals surface area (Å²) in [6.45, 7) is 1.00. The van der Waals surface area contributed by atoms with E-state index in [1.54, 1.807) is 0 Å². The van der Waals surface area contributed by atoms with E-state index in [1.807, 2.05) is 23.2 Å². The van der Waals surface area contributed by atoms with Crippen molar-refractivity contribution in [2.24, 2.45) is 11.8 Å². The van der Waals surface area contributed by atoms with Crippen LogP contribution in [0.4, 0.5) is 5.69 Å². The van der Waals surface area contributed by atoms with E-state index in [-0.39, 0.29) is 0 Å². The Morgan fingerprint density at radius 2 is 1.79 bits per heavy atom. The van der Waals surface area contributed by atoms with Crippen molar-refractivity contribution in [1.82, 2.24) is 0 Å². The molecule has 0 atom stereocenters. The van der Waals surface area contributed by atoms with Crippen LogP contribution in [0.2, 0.25) is 0 Å². The third kappa shape index (κ3) is 2.26. The van der Waals surface area contributed by atoms with Crippen molar-refractivity contribution >= 4 is 5.69 Å². The number of nitrogens with zero attached hydrogens (tertiary/aromatic N) is 1. The van der Waals surface area contributed by atoms with Crippen LogP contribution in [0.15, 0.2) is 30.3 Å². The van der Waals surface area contributed by atoms with Crippen molar-refractivity contribution in [2.75, 3.05) is 11.6 Å². The average molecular weight is 190 g/mol. The van der Waals surface area contributed by atoms with E-state index in [4.69, 9.17) is 5.84 Å². The number of nitrogens with two attached hydrogens (primary N) is 1. The molecule has 2 rings (SSSR count). The minimum Gasteiger partial charge on any atom is -0.311 e. The standard InChI is InChI=1S/C12H18N2/c13-14(10-11-6-4-5-7-11)12-8-2-1-3-9-12/h1-3,8-9,11H,4-7,10,13H2. The summed E-state index contributed by atoms with van der Waals surface area (Å²) < 4.78 is 0. The Kier molecular flexibility index (Phi) is 3.04. The summed E-state index contributed by atoms with van der Waals surface area (Å²) in [7, 11) is 0. The first-order valence-corrected chi connectivity index (χ1v) is 5.43. The topological polar surface area (TPSA) is 29.3 Å². The van der Waals surface area contributed by atoms with Crippen LogP contribution in [0.1, 0.15) is 25.7 Å². The van der Waals surface area contributed by atoms with Crippen LogP contribution in [0.25, 0.3) is 0 Å². The second kappa shape index (κ2) is 4.47. The maximum Gasteiger partial charge on any atom is 0.0517 e. The second-order valence-electron chi connectivity index (χ2n) is 4.14. The molecule has 0 amide bonds. The number of benzene rings is 1. The SMILES string of the molecule is NN(CC1CCCC1)c1ccccc1. The summed E-state index contributed by atoms with van der Waals surface area (Å²) in [5, 5.41) is 1.88. The summed E-state index contributed by atoms with van der Waals surface area (Å²) >= 11 is 0. The zero-order valence-corrected chi connectivity index (χ0v) is 8.52. The molecular formula is C12H18N2. The molecule has 1 aliphatic rings. The van der Waals surface area contributed by atoms with Crippen molar-refractivity contribution in [1.29, 1.82) is 0 Å². The molecule has 0 spiro atoms. The van der Waals surface area contributed by atoms with Gasteiger partial charge in [0.05, 0.1) is 5.69 Å². The second-order valence-corrected chi connectivity index (χ2v) is 4.14. The molecule has 0 unspecified atom stereocenters. The Bertz CT molecular complexity index is 265. The minimum absolute atomic E-state index is 0.806. The van der Waals surface area contributed by atoms with Gasteiger partial charge in [-0.3, -0.25) is 0 Å². The molecule has 0 aromatic heterocycles. The molecule has 2 N–H and O–H groups in total. The zero-order valence-electron chi connectivity index (χ0n) is 8.52. The third-order valence-electron chi connectivity index (χ3n) is 3.02. The number of hydrogen-bond donors (Lipinski definition) is 1. The Morgan fingerprint density at radius 1 is 1.14 bits per heavy atom. The quantitative estimate of drug-likeness (QED) is 0.586. The summed E-state index contributed by atoms with van der Waals surface area (Å²) in [5.41, 5.74) is 1.12. The van der Waals surface area contributed by atoms with E-state index in [0.717, 1.165) is 18.2 Å². The molecule has 1 saturated carbocycles. The van der Waals surface area contributed by atoms with E-state index in [1.165, 1.54) is 25.7 Å². The molecule has 1 aliphatic carbocycles. The first-order valence-electron chi connectivity index (χ1n) is 5.43. The fourth-order valence-electron chi connectivity index (χ4n) is 2.20. The number of anilines is 1. The van der Waals surface area contributed by atoms with Gasteiger partial charge in [0.15, 0.2) is 0 Å². The molecule has 2 heteroatoms. The first kappa shape index (κ1) is 9.53. The van der Waals surface area contributed by atoms with Crippen molar-refractivity contribution in [3.8, 4) is 0 Å². The van der Waals surface area contributed by atoms with Gasteiger partial charge in [-0.1, -0.05) is 31.0 Å². The van der Waals surface area contributed by atoms with Gasteiger partial charge in [0.2, 0.25) is 0 Å². The van der Waals surface area contributed by atoms with E-state index in [2.05, 4.69) is 12.1 Å². The molecule has 14 heavy (non-hydrogen) atoms. The van der Waals surface area contributed by atoms with Crippen LogP contribution in [-0.2, 0) is 0 Å². The molecule has 0 aliphatic heterocycles. The molecular weight excluding hydrogens is 172 g/mol. The van der Waals surface area contributed by atoms with Gasteiger partial charge in [0.25, 0.3) is 0 Å². The molecule has 1 aromatic rings. The monoisotopic (exact) mass is 190 g/mol. The van der Waals surface area contributed by atoms with Gasteiger partial charge in [0.1, 0.15) is 0 Å². The number of para-hydroxylation sites is 1. The summed E-state index contributed by atoms with van der Waals surface area (Å²) in [4.78, 5) is 0. The Balaban J connectivity index is 1.92. The largest absolute Gasteiger partial charge is 0.311 e. The van der Waals surface area contributed by atoms with E-state index < -0.39 is 0 Å². The molecule has 0 radical (unpaired) electrons. The van der Waals surface area contributed by atoms with Crippen molar-refractivity contribution in [2.45, 2.75) is 25.7 Å². The highest BCUT2D eigenvalue weighted by atomic mass is 15.4. The van der Waals surface area contributed by atoms with Crippen LogP contribution in [0.3, 0.4) is 0 Å². The number of rotatable bonds is 3. The summed E-state index contributed by atoms with van der Waals surface area (Å²) in [6, 6.07) is 10.2. The van der Waals surface area contributed by atoms with Gasteiger partial charge in [0, 0.05) is 6.54 Å². The third-order valence-corrected chi connectivity index (χ3v) is 3.02. The van der Waals surface area contributed by atoms with Crippen LogP contribution in [0.5, 0.6) is 0 Å². The molecule has 76 valence electrons. The number of hydrazine groups is 1. The van der Waals surface area contributed by atoms with Crippen molar-refractivity contribution < 1.29 is 0 Å². The highest BCUT2D eigenvalue weighted by molar-refractivity contribution is 5.44. The van der Waals surface area contributed by atoms with Gasteiger partial charge in [-0.15, -0.1) is 0 Å². The summed E-state index contributed by atoms with van der Waals surface area (Å²) in [6.07, 6.45) is 5.46. The fraction of sp³-hybridized carbons (Fsp3) is 0.500. The van der Waals surface area contributed by atoms with Crippen LogP contribution < -0.4 is 10.9 Å². The molecule has 0 bridgehead atoms. The van der Waals surface area contributed by atoms with E-state index >= 15 is 0 Å². The lowest BCUT2D eigenvalue weighted by Crippen LogP contribution is -2.35. The maximum absolute atomic E-state index is 6.01. The molecule has 1 aromatic carbocycles. The van der Waals surface area contributed by atoms with Crippen LogP contribution in [0, 0.1) is 5.92 Å². The highest BCUT2D eigenvalue weighted by Gasteiger charge is 2.17. The van der Waals surface area contributed by atoms with E-state index in [9.17, 15) is 0 Å². The van der Waals surface area contributed by atoms with Gasteiger partial charge >= 0.3 is 0 Å². The Labute approximate surface area is 85.7 Å². The maximum atomic E-state index is 6.01. The van der Waals surface area contributed by atoms with Crippen molar-refractivity contribution in [3.05, 3.63) is 30.3 Å². The molecule has 2 nitrogen and oxygen atoms in total. The van der Waals surface area contributed by atoms with Crippen molar-refractivity contribution in [3.63, 3.8) is 0 Å². The van der Waals surface area contributed by atoms with Crippen LogP contribution >= 0.6 is 0 Å². The van der Waals surface area contributed by atoms with Gasteiger partial charge in [-0.2, -0.15) is 0 Å². The van der Waals surface area contributed by atoms with Crippen LogP contribution in [-0.4, -0.2) is 6.54 Å². The smallest absolute Gasteiger partial charge is 0.0517 e. The summed E-state index contributed by atoms with van der Waals surface area (Å²) in [5.74, 6) is 6.81. The lowest BCUT2D eigenvalue weighted by Gasteiger charge is -2.22. The highest BCUT2D eigenvalue weighted by Crippen LogP contribution is 2.26. The van der Waals surface area contributed by atoms with E-state index in [0.29, 0.717) is 0 Å². The minimum atomic E-state index is 0.806. The molecule has 0 heterocycles. The Morgan fingerprint density at radius 3 is 2.43 bits per heavy atom. The lowest BCUT2D eigenvalue weighted by atomic mass is 10.1. The van der Waals surface area contributed by atoms with Gasteiger partial charge in [-0.25, -0.2) is 5.84 Å². The normalized spacial score (nSPS) is 17.2. The Hall–Kier alpha value is -1.02.